The van der Waals surface area contributed by atoms with Gasteiger partial charge in [0.05, 0.1) is 0 Å². The maximum atomic E-state index is 3.68. The summed E-state index contributed by atoms with van der Waals surface area (Å²) in [6.45, 7) is 18.9. The first-order valence-corrected chi connectivity index (χ1v) is 8.72. The SMILES string of the molecule is CCC(C)N1CCN(CCNC(C)CCC(C)C)CC1. The number of hydrogen-bond donors (Lipinski definition) is 1. The zero-order valence-electron chi connectivity index (χ0n) is 14.5. The molecule has 120 valence electrons. The lowest BCUT2D eigenvalue weighted by Gasteiger charge is -2.38. The van der Waals surface area contributed by atoms with E-state index in [2.05, 4.69) is 49.7 Å². The highest BCUT2D eigenvalue weighted by molar-refractivity contribution is 4.76. The van der Waals surface area contributed by atoms with E-state index in [-0.39, 0.29) is 0 Å². The van der Waals surface area contributed by atoms with E-state index in [9.17, 15) is 0 Å². The maximum absolute atomic E-state index is 3.68. The van der Waals surface area contributed by atoms with Crippen molar-refractivity contribution in [1.29, 1.82) is 0 Å². The molecule has 0 amide bonds. The number of piperazine rings is 1. The van der Waals surface area contributed by atoms with Crippen molar-refractivity contribution < 1.29 is 0 Å². The van der Waals surface area contributed by atoms with Crippen molar-refractivity contribution in [2.24, 2.45) is 5.92 Å². The Morgan fingerprint density at radius 3 is 2.15 bits per heavy atom. The number of rotatable bonds is 9. The van der Waals surface area contributed by atoms with Crippen LogP contribution in [0.1, 0.15) is 53.9 Å². The topological polar surface area (TPSA) is 18.5 Å². The van der Waals surface area contributed by atoms with Crippen LogP contribution in [0.5, 0.6) is 0 Å². The molecule has 3 heteroatoms. The molecule has 3 nitrogen and oxygen atoms in total. The Morgan fingerprint density at radius 2 is 1.60 bits per heavy atom. The van der Waals surface area contributed by atoms with Gasteiger partial charge in [-0.3, -0.25) is 9.80 Å². The van der Waals surface area contributed by atoms with Crippen molar-refractivity contribution in [3.05, 3.63) is 0 Å². The lowest BCUT2D eigenvalue weighted by Crippen LogP contribution is -2.50. The lowest BCUT2D eigenvalue weighted by atomic mass is 10.0. The molecule has 0 bridgehead atoms. The van der Waals surface area contributed by atoms with E-state index in [0.717, 1.165) is 18.5 Å². The molecule has 20 heavy (non-hydrogen) atoms. The monoisotopic (exact) mass is 283 g/mol. The zero-order chi connectivity index (χ0) is 15.0. The van der Waals surface area contributed by atoms with Crippen LogP contribution in [0.15, 0.2) is 0 Å². The number of nitrogens with one attached hydrogen (secondary N) is 1. The van der Waals surface area contributed by atoms with Gasteiger partial charge in [0.2, 0.25) is 0 Å². The van der Waals surface area contributed by atoms with Gasteiger partial charge in [0, 0.05) is 51.4 Å². The van der Waals surface area contributed by atoms with Gasteiger partial charge in [0.1, 0.15) is 0 Å². The van der Waals surface area contributed by atoms with Gasteiger partial charge >= 0.3 is 0 Å². The molecule has 1 rings (SSSR count). The summed E-state index contributed by atoms with van der Waals surface area (Å²) < 4.78 is 0. The second kappa shape index (κ2) is 9.75. The lowest BCUT2D eigenvalue weighted by molar-refractivity contribution is 0.101. The molecule has 1 N–H and O–H groups in total. The van der Waals surface area contributed by atoms with Gasteiger partial charge in [-0.05, 0) is 39.0 Å². The van der Waals surface area contributed by atoms with Crippen LogP contribution >= 0.6 is 0 Å². The fraction of sp³-hybridized carbons (Fsp3) is 1.00. The van der Waals surface area contributed by atoms with Crippen LogP contribution in [-0.2, 0) is 0 Å². The van der Waals surface area contributed by atoms with Gasteiger partial charge < -0.3 is 5.32 Å². The molecule has 1 heterocycles. The van der Waals surface area contributed by atoms with Crippen molar-refractivity contribution >= 4 is 0 Å². The fourth-order valence-corrected chi connectivity index (χ4v) is 2.84. The minimum atomic E-state index is 0.666. The average Bonchev–Trinajstić information content (AvgIpc) is 2.45. The average molecular weight is 284 g/mol. The molecule has 0 spiro atoms. The van der Waals surface area contributed by atoms with Crippen molar-refractivity contribution in [3.63, 3.8) is 0 Å². The second-order valence-corrected chi connectivity index (χ2v) is 6.96. The molecule has 2 atom stereocenters. The predicted octanol–water partition coefficient (Wildman–Crippen LogP) is 2.82. The van der Waals surface area contributed by atoms with Gasteiger partial charge in [-0.2, -0.15) is 0 Å². The largest absolute Gasteiger partial charge is 0.313 e. The summed E-state index contributed by atoms with van der Waals surface area (Å²) in [5.41, 5.74) is 0. The predicted molar refractivity (Wildman–Crippen MR) is 89.3 cm³/mol. The molecule has 0 radical (unpaired) electrons. The Balaban J connectivity index is 2.06. The molecule has 2 unspecified atom stereocenters. The highest BCUT2D eigenvalue weighted by Gasteiger charge is 2.19. The molecule has 1 aliphatic rings. The first-order valence-electron chi connectivity index (χ1n) is 8.72. The number of nitrogens with zero attached hydrogens (tertiary/aromatic N) is 2. The normalized spacial score (nSPS) is 21.3. The van der Waals surface area contributed by atoms with Crippen LogP contribution < -0.4 is 5.32 Å². The third-order valence-electron chi connectivity index (χ3n) is 4.72. The van der Waals surface area contributed by atoms with E-state index < -0.39 is 0 Å². The fourth-order valence-electron chi connectivity index (χ4n) is 2.84. The van der Waals surface area contributed by atoms with Gasteiger partial charge in [0.15, 0.2) is 0 Å². The van der Waals surface area contributed by atoms with E-state index in [1.807, 2.05) is 0 Å². The second-order valence-electron chi connectivity index (χ2n) is 6.96. The highest BCUT2D eigenvalue weighted by Crippen LogP contribution is 2.09. The summed E-state index contributed by atoms with van der Waals surface area (Å²) in [4.78, 5) is 5.25. The molecule has 1 fully saturated rings. The summed E-state index contributed by atoms with van der Waals surface area (Å²) in [6.07, 6.45) is 3.91. The quantitative estimate of drug-likeness (QED) is 0.702. The number of hydrogen-bond acceptors (Lipinski definition) is 3. The Hall–Kier alpha value is -0.120. The summed E-state index contributed by atoms with van der Waals surface area (Å²) in [6, 6.07) is 1.42. The van der Waals surface area contributed by atoms with Gasteiger partial charge in [-0.25, -0.2) is 0 Å². The van der Waals surface area contributed by atoms with Crippen LogP contribution in [0.25, 0.3) is 0 Å². The Kier molecular flexibility index (Phi) is 8.74. The summed E-state index contributed by atoms with van der Waals surface area (Å²) in [5, 5.41) is 3.68. The molecule has 0 aromatic carbocycles. The summed E-state index contributed by atoms with van der Waals surface area (Å²) >= 11 is 0. The zero-order valence-corrected chi connectivity index (χ0v) is 14.5. The third-order valence-corrected chi connectivity index (χ3v) is 4.72. The van der Waals surface area contributed by atoms with Gasteiger partial charge in [-0.1, -0.05) is 20.8 Å². The van der Waals surface area contributed by atoms with Crippen LogP contribution in [0.3, 0.4) is 0 Å². The molecular formula is C17H37N3. The van der Waals surface area contributed by atoms with E-state index in [4.69, 9.17) is 0 Å². The van der Waals surface area contributed by atoms with E-state index in [0.29, 0.717) is 6.04 Å². The molecule has 1 aliphatic heterocycles. The van der Waals surface area contributed by atoms with Crippen molar-refractivity contribution in [1.82, 2.24) is 15.1 Å². The summed E-state index contributed by atoms with van der Waals surface area (Å²) in [7, 11) is 0. The summed E-state index contributed by atoms with van der Waals surface area (Å²) in [5.74, 6) is 0.827. The van der Waals surface area contributed by atoms with Crippen LogP contribution in [0.2, 0.25) is 0 Å². The van der Waals surface area contributed by atoms with Gasteiger partial charge in [-0.15, -0.1) is 0 Å². The first kappa shape index (κ1) is 17.9. The Bertz CT molecular complexity index is 234. The van der Waals surface area contributed by atoms with Crippen molar-refractivity contribution in [2.75, 3.05) is 39.3 Å². The van der Waals surface area contributed by atoms with Crippen molar-refractivity contribution in [3.8, 4) is 0 Å². The van der Waals surface area contributed by atoms with E-state index in [1.165, 1.54) is 52.0 Å². The minimum Gasteiger partial charge on any atom is -0.313 e. The Labute approximate surface area is 127 Å². The minimum absolute atomic E-state index is 0.666. The standard InChI is InChI=1S/C17H37N3/c1-6-17(5)20-13-11-19(12-14-20)10-9-18-16(4)8-7-15(2)3/h15-18H,6-14H2,1-5H3. The van der Waals surface area contributed by atoms with Crippen molar-refractivity contribution in [2.45, 2.75) is 66.0 Å². The molecular weight excluding hydrogens is 246 g/mol. The van der Waals surface area contributed by atoms with Crippen LogP contribution in [0.4, 0.5) is 0 Å². The van der Waals surface area contributed by atoms with E-state index in [1.54, 1.807) is 0 Å². The Morgan fingerprint density at radius 1 is 0.950 bits per heavy atom. The maximum Gasteiger partial charge on any atom is 0.0113 e. The smallest absolute Gasteiger partial charge is 0.0113 e. The third kappa shape index (κ3) is 7.05. The van der Waals surface area contributed by atoms with Crippen LogP contribution in [0, 0.1) is 5.92 Å². The first-order chi connectivity index (χ1) is 9.52. The molecule has 0 saturated carbocycles. The van der Waals surface area contributed by atoms with E-state index >= 15 is 0 Å². The van der Waals surface area contributed by atoms with Crippen LogP contribution in [-0.4, -0.2) is 61.2 Å². The highest BCUT2D eigenvalue weighted by atomic mass is 15.3. The molecule has 0 aromatic heterocycles. The van der Waals surface area contributed by atoms with Gasteiger partial charge in [0.25, 0.3) is 0 Å². The molecule has 0 aliphatic carbocycles. The molecule has 1 saturated heterocycles. The molecule has 0 aromatic rings.